The molecule has 0 aromatic heterocycles. The Morgan fingerprint density at radius 3 is 0.989 bits per heavy atom. The van der Waals surface area contributed by atoms with Gasteiger partial charge in [-0.25, -0.2) is 37.5 Å². The first-order chi connectivity index (χ1) is 39.6. The predicted octanol–water partition coefficient (Wildman–Crippen LogP) is 10.7. The van der Waals surface area contributed by atoms with Gasteiger partial charge in [-0.15, -0.1) is 0 Å². The first-order valence-electron chi connectivity index (χ1n) is 30.0. The Bertz CT molecular complexity index is 2740. The summed E-state index contributed by atoms with van der Waals surface area (Å²) >= 11 is 0. The quantitative estimate of drug-likeness (QED) is 0.0681. The number of esters is 4. The standard InChI is InChI=1S/C67H104F2N4O15/c1-40(52(74)70(22)48(38-66(18,19)68)58(81)86-50(34-42-26-30-44(31-27-42)63(9,10)11)53(75)72(24)47(37-62(6,7)8)57(80)85-41(2)55(77)78)84-56(79)46(36-61(3,4)5)71(23)54(76)51(35-43-28-32-45(33-29-43)64(12,13)14)87-59(82)49(39-67(20,21)69)73(25)60(83)88-65(15,16)17/h26-33,40-41,46-51H,34-39H2,1-25H3,(H,77,78)/t40-,41-,46+,47+,48+,49+,50-,51-/m1/s1. The molecule has 1 N–H and O–H groups in total. The van der Waals surface area contributed by atoms with Crippen molar-refractivity contribution in [3.8, 4) is 0 Å². The van der Waals surface area contributed by atoms with E-state index in [0.717, 1.165) is 37.7 Å². The van der Waals surface area contributed by atoms with Gasteiger partial charge in [0.25, 0.3) is 17.7 Å². The second-order valence-corrected chi connectivity index (χ2v) is 30.0. The van der Waals surface area contributed by atoms with Crippen LogP contribution < -0.4 is 0 Å². The molecule has 0 aliphatic carbocycles. The number of carboxylic acids is 1. The molecule has 2 aromatic rings. The van der Waals surface area contributed by atoms with Gasteiger partial charge in [-0.05, 0) is 119 Å². The van der Waals surface area contributed by atoms with Crippen molar-refractivity contribution in [1.82, 2.24) is 19.6 Å². The average molecular weight is 1240 g/mol. The molecular weight excluding hydrogens is 1140 g/mol. The van der Waals surface area contributed by atoms with Gasteiger partial charge in [-0.2, -0.15) is 0 Å². The van der Waals surface area contributed by atoms with Crippen LogP contribution in [0.3, 0.4) is 0 Å². The molecule has 0 unspecified atom stereocenters. The van der Waals surface area contributed by atoms with Crippen molar-refractivity contribution in [2.45, 2.75) is 260 Å². The van der Waals surface area contributed by atoms with E-state index in [1.807, 2.05) is 65.8 Å². The van der Waals surface area contributed by atoms with Gasteiger partial charge in [-0.3, -0.25) is 19.3 Å². The predicted molar refractivity (Wildman–Crippen MR) is 331 cm³/mol. The molecule has 4 amide bonds. The number of carbonyl (C=O) groups is 9. The van der Waals surface area contributed by atoms with Crippen LogP contribution in [-0.4, -0.2) is 172 Å². The van der Waals surface area contributed by atoms with Crippen molar-refractivity contribution in [1.29, 1.82) is 0 Å². The van der Waals surface area contributed by atoms with E-state index in [1.165, 1.54) is 62.8 Å². The number of carbonyl (C=O) groups excluding carboxylic acids is 8. The molecule has 0 heterocycles. The summed E-state index contributed by atoms with van der Waals surface area (Å²) in [6, 6.07) is 8.24. The van der Waals surface area contributed by atoms with Crippen molar-refractivity contribution in [3.05, 3.63) is 70.8 Å². The van der Waals surface area contributed by atoms with Crippen LogP contribution in [0.1, 0.15) is 193 Å². The van der Waals surface area contributed by atoms with E-state index < -0.39 is 143 Å². The molecule has 88 heavy (non-hydrogen) atoms. The van der Waals surface area contributed by atoms with Crippen LogP contribution in [0.25, 0.3) is 0 Å². The summed E-state index contributed by atoms with van der Waals surface area (Å²) in [7, 11) is 5.01. The van der Waals surface area contributed by atoms with E-state index in [2.05, 4.69) is 0 Å². The molecule has 496 valence electrons. The SMILES string of the molecule is C[C@@H](OC(=O)[C@H](CC(C)(C)C)N(C)C(=O)[C@@H](Cc1ccc(C(C)(C)C)cc1)OC(=O)[C@H](CC(C)(C)F)N(C)C(=O)[C@@H](C)OC(=O)[C@H](CC(C)(C)C)N(C)C(=O)[C@@H](Cc1ccc(C(C)(C)C)cc1)OC(=O)[C@H](CC(C)(C)F)N(C)C(=O)OC(C)(C)C)C(=O)O. The number of aliphatic carboxylic acids is 1. The summed E-state index contributed by atoms with van der Waals surface area (Å²) in [5, 5.41) is 9.56. The van der Waals surface area contributed by atoms with E-state index in [-0.39, 0.29) is 36.5 Å². The first-order valence-corrected chi connectivity index (χ1v) is 30.0. The lowest BCUT2D eigenvalue weighted by molar-refractivity contribution is -0.175. The number of rotatable bonds is 26. The third-order valence-electron chi connectivity index (χ3n) is 14.5. The van der Waals surface area contributed by atoms with E-state index in [1.54, 1.807) is 86.6 Å². The lowest BCUT2D eigenvalue weighted by Gasteiger charge is -2.36. The number of halogens is 2. The minimum absolute atomic E-state index is 0.00938. The number of nitrogens with zero attached hydrogens (tertiary/aromatic N) is 4. The zero-order valence-corrected chi connectivity index (χ0v) is 57.2. The normalized spacial score (nSPS) is 15.4. The summed E-state index contributed by atoms with van der Waals surface area (Å²) in [5.74, 6) is -8.69. The summed E-state index contributed by atoms with van der Waals surface area (Å²) in [6.45, 7) is 34.9. The number of alkyl halides is 2. The molecule has 8 atom stereocenters. The molecule has 21 heteroatoms. The molecule has 0 aliphatic heterocycles. The van der Waals surface area contributed by atoms with Gasteiger partial charge in [0.2, 0.25) is 0 Å². The van der Waals surface area contributed by atoms with Gasteiger partial charge in [0.1, 0.15) is 41.1 Å². The average Bonchev–Trinajstić information content (AvgIpc) is 3.55. The fourth-order valence-electron chi connectivity index (χ4n) is 9.37. The number of likely N-dealkylation sites (N-methyl/N-ethyl adjacent to an activating group) is 4. The third-order valence-corrected chi connectivity index (χ3v) is 14.5. The maximum absolute atomic E-state index is 16.0. The maximum atomic E-state index is 16.0. The van der Waals surface area contributed by atoms with Crippen LogP contribution in [0.5, 0.6) is 0 Å². The lowest BCUT2D eigenvalue weighted by Crippen LogP contribution is -2.54. The van der Waals surface area contributed by atoms with Crippen LogP contribution in [0.4, 0.5) is 13.6 Å². The van der Waals surface area contributed by atoms with Crippen LogP contribution in [0.15, 0.2) is 48.5 Å². The molecule has 0 aliphatic rings. The summed E-state index contributed by atoms with van der Waals surface area (Å²) in [5.41, 5.74) is -4.03. The molecular formula is C67H104F2N4O15. The zero-order valence-electron chi connectivity index (χ0n) is 57.2. The molecule has 0 bridgehead atoms. The van der Waals surface area contributed by atoms with Crippen molar-refractivity contribution in [2.75, 3.05) is 28.2 Å². The number of carboxylic acid groups (broad SMARTS) is 1. The Morgan fingerprint density at radius 2 is 0.705 bits per heavy atom. The van der Waals surface area contributed by atoms with Crippen molar-refractivity contribution in [3.63, 3.8) is 0 Å². The largest absolute Gasteiger partial charge is 0.479 e. The second-order valence-electron chi connectivity index (χ2n) is 30.0. The lowest BCUT2D eigenvalue weighted by atomic mass is 9.86. The number of ether oxygens (including phenoxy) is 5. The number of amides is 4. The van der Waals surface area contributed by atoms with Gasteiger partial charge >= 0.3 is 35.9 Å². The Kier molecular flexibility index (Phi) is 26.6. The highest BCUT2D eigenvalue weighted by Gasteiger charge is 2.45. The maximum Gasteiger partial charge on any atom is 0.410 e. The van der Waals surface area contributed by atoms with Gasteiger partial charge < -0.3 is 43.5 Å². The highest BCUT2D eigenvalue weighted by atomic mass is 19.1. The van der Waals surface area contributed by atoms with Crippen molar-refractivity contribution >= 4 is 53.7 Å². The van der Waals surface area contributed by atoms with E-state index in [4.69, 9.17) is 23.7 Å². The first kappa shape index (κ1) is 77.4. The summed E-state index contributed by atoms with van der Waals surface area (Å²) in [4.78, 5) is 131. The molecule has 0 spiro atoms. The van der Waals surface area contributed by atoms with E-state index in [9.17, 15) is 43.5 Å². The molecule has 0 saturated carbocycles. The molecule has 2 aromatic carbocycles. The van der Waals surface area contributed by atoms with Crippen LogP contribution in [0.2, 0.25) is 0 Å². The summed E-state index contributed by atoms with van der Waals surface area (Å²) < 4.78 is 60.2. The molecule has 0 radical (unpaired) electrons. The van der Waals surface area contributed by atoms with E-state index in [0.29, 0.717) is 11.1 Å². The highest BCUT2D eigenvalue weighted by molar-refractivity contribution is 5.93. The van der Waals surface area contributed by atoms with Gasteiger partial charge in [0.15, 0.2) is 24.4 Å². The topological polar surface area (TPSA) is 233 Å². The van der Waals surface area contributed by atoms with Gasteiger partial charge in [0.05, 0.1) is 0 Å². The third kappa shape index (κ3) is 25.4. The van der Waals surface area contributed by atoms with Crippen LogP contribution >= 0.6 is 0 Å². The fraction of sp³-hybridized carbons (Fsp3) is 0.687. The van der Waals surface area contributed by atoms with Crippen molar-refractivity contribution < 1.29 is 80.7 Å². The van der Waals surface area contributed by atoms with Crippen molar-refractivity contribution in [2.24, 2.45) is 10.8 Å². The minimum atomic E-state index is -2.16. The number of benzene rings is 2. The van der Waals surface area contributed by atoms with Crippen LogP contribution in [-0.2, 0) is 85.7 Å². The Morgan fingerprint density at radius 1 is 0.420 bits per heavy atom. The fourth-order valence-corrected chi connectivity index (χ4v) is 9.37. The molecule has 2 rings (SSSR count). The number of hydrogen-bond donors (Lipinski definition) is 1. The highest BCUT2D eigenvalue weighted by Crippen LogP contribution is 2.31. The van der Waals surface area contributed by atoms with Gasteiger partial charge in [-0.1, -0.05) is 132 Å². The smallest absolute Gasteiger partial charge is 0.410 e. The summed E-state index contributed by atoms with van der Waals surface area (Å²) in [6.07, 6.45) is -9.43. The number of hydrogen-bond acceptors (Lipinski definition) is 14. The Balaban J connectivity index is 2.73. The monoisotopic (exact) mass is 1240 g/mol. The Labute approximate surface area is 522 Å². The zero-order chi connectivity index (χ0) is 68.4. The molecule has 0 fully saturated rings. The second kappa shape index (κ2) is 30.2. The molecule has 19 nitrogen and oxygen atoms in total. The van der Waals surface area contributed by atoms with E-state index >= 15 is 13.6 Å². The Hall–Kier alpha value is -6.67. The van der Waals surface area contributed by atoms with Crippen LogP contribution in [0, 0.1) is 10.8 Å². The molecule has 0 saturated heterocycles. The minimum Gasteiger partial charge on any atom is -0.479 e. The van der Waals surface area contributed by atoms with Gasteiger partial charge in [0, 0.05) is 53.9 Å².